The van der Waals surface area contributed by atoms with E-state index in [1.54, 1.807) is 0 Å². The summed E-state index contributed by atoms with van der Waals surface area (Å²) >= 11 is 0. The van der Waals surface area contributed by atoms with Crippen molar-refractivity contribution in [1.82, 2.24) is 0 Å². The first-order valence-corrected chi connectivity index (χ1v) is 2.59. The van der Waals surface area contributed by atoms with Crippen molar-refractivity contribution in [3.05, 3.63) is 0 Å². The SMILES string of the molecule is F[SiH]O[SiH3]. The molecule has 4 heteroatoms. The second kappa shape index (κ2) is 3.32. The van der Waals surface area contributed by atoms with E-state index in [9.17, 15) is 4.11 Å². The number of hydrogen-bond donors (Lipinski definition) is 0. The van der Waals surface area contributed by atoms with Crippen LogP contribution in [-0.2, 0) is 4.12 Å². The van der Waals surface area contributed by atoms with Crippen molar-refractivity contribution < 1.29 is 8.22 Å². The average molecular weight is 95.2 g/mol. The molecule has 1 radical (unpaired) electrons. The van der Waals surface area contributed by atoms with Crippen LogP contribution in [0.1, 0.15) is 0 Å². The van der Waals surface area contributed by atoms with E-state index >= 15 is 0 Å². The third-order valence-corrected chi connectivity index (χ3v) is 0.802. The van der Waals surface area contributed by atoms with E-state index in [0.29, 0.717) is 10.5 Å². The van der Waals surface area contributed by atoms with Crippen LogP contribution >= 0.6 is 0 Å². The molecule has 0 amide bonds. The highest BCUT2D eigenvalue weighted by molar-refractivity contribution is 6.26. The van der Waals surface area contributed by atoms with Crippen LogP contribution in [0.25, 0.3) is 0 Å². The second-order valence-electron chi connectivity index (χ2n) is 0.325. The van der Waals surface area contributed by atoms with E-state index in [0.717, 1.165) is 0 Å². The molecule has 0 aromatic heterocycles. The molecule has 0 fully saturated rings. The largest absolute Gasteiger partial charge is 0.443 e. The summed E-state index contributed by atoms with van der Waals surface area (Å²) in [7, 11) is -0.604. The first kappa shape index (κ1) is 4.32. The highest BCUT2D eigenvalue weighted by atomic mass is 28.3. The van der Waals surface area contributed by atoms with E-state index in [4.69, 9.17) is 0 Å². The van der Waals surface area contributed by atoms with Crippen molar-refractivity contribution in [1.29, 1.82) is 0 Å². The van der Waals surface area contributed by atoms with Crippen molar-refractivity contribution in [3.63, 3.8) is 0 Å². The van der Waals surface area contributed by atoms with E-state index in [2.05, 4.69) is 4.12 Å². The van der Waals surface area contributed by atoms with Crippen LogP contribution in [0, 0.1) is 0 Å². The lowest BCUT2D eigenvalue weighted by Gasteiger charge is -1.70. The summed E-state index contributed by atoms with van der Waals surface area (Å²) in [6, 6.07) is 0. The molecular weight excluding hydrogens is 91.2 g/mol. The summed E-state index contributed by atoms with van der Waals surface area (Å²) in [6.45, 7) is 0. The summed E-state index contributed by atoms with van der Waals surface area (Å²) in [6.07, 6.45) is 0. The lowest BCUT2D eigenvalue weighted by atomic mass is 15.8. The first-order valence-electron chi connectivity index (χ1n) is 0.862. The molecule has 0 heterocycles. The van der Waals surface area contributed by atoms with Gasteiger partial charge in [-0.3, -0.25) is 4.11 Å². The van der Waals surface area contributed by atoms with Gasteiger partial charge in [0.05, 0.1) is 0 Å². The summed E-state index contributed by atoms with van der Waals surface area (Å²) in [5.41, 5.74) is 0. The van der Waals surface area contributed by atoms with Crippen molar-refractivity contribution in [2.45, 2.75) is 0 Å². The predicted octanol–water partition coefficient (Wildman–Crippen LogP) is -1.48. The van der Waals surface area contributed by atoms with Crippen molar-refractivity contribution in [2.75, 3.05) is 0 Å². The molecule has 25 valence electrons. The molecule has 0 bridgehead atoms. The Bertz CT molecular complexity index is 8.00. The van der Waals surface area contributed by atoms with Gasteiger partial charge >= 0.3 is 10.1 Å². The van der Waals surface area contributed by atoms with Gasteiger partial charge in [0, 0.05) is 0 Å². The Morgan fingerprint density at radius 2 is 2.25 bits per heavy atom. The number of halogens is 1. The Hall–Kier alpha value is 0.324. The lowest BCUT2D eigenvalue weighted by Crippen LogP contribution is -1.80. The Morgan fingerprint density at radius 1 is 2.00 bits per heavy atom. The second-order valence-corrected chi connectivity index (χ2v) is 2.39. The molecule has 0 aromatic carbocycles. The maximum atomic E-state index is 10.6. The highest BCUT2D eigenvalue weighted by Gasteiger charge is 1.64. The number of rotatable bonds is 1. The van der Waals surface area contributed by atoms with Crippen LogP contribution in [0.2, 0.25) is 0 Å². The van der Waals surface area contributed by atoms with E-state index in [-0.39, 0.29) is 0 Å². The number of hydrogen-bond acceptors (Lipinski definition) is 1. The van der Waals surface area contributed by atoms with Gasteiger partial charge in [-0.2, -0.15) is 0 Å². The topological polar surface area (TPSA) is 9.23 Å². The zero-order valence-corrected chi connectivity index (χ0v) is 5.52. The maximum Gasteiger partial charge on any atom is 0.404 e. The summed E-state index contributed by atoms with van der Waals surface area (Å²) < 4.78 is 14.7. The van der Waals surface area contributed by atoms with Gasteiger partial charge in [0.2, 0.25) is 0 Å². The Labute approximate surface area is 29.8 Å². The van der Waals surface area contributed by atoms with Gasteiger partial charge in [-0.05, 0) is 0 Å². The van der Waals surface area contributed by atoms with Gasteiger partial charge in [-0.15, -0.1) is 0 Å². The molecule has 0 N–H and O–H groups in total. The third kappa shape index (κ3) is 2.32. The fourth-order valence-electron chi connectivity index (χ4n) is 0. The van der Waals surface area contributed by atoms with Crippen LogP contribution in [0.4, 0.5) is 4.11 Å². The van der Waals surface area contributed by atoms with Crippen LogP contribution in [-0.4, -0.2) is 20.6 Å². The molecule has 4 heavy (non-hydrogen) atoms. The predicted molar refractivity (Wildman–Crippen MR) is 19.3 cm³/mol. The average Bonchev–Trinajstić information content (AvgIpc) is 1.37. The zero-order chi connectivity index (χ0) is 3.41. The van der Waals surface area contributed by atoms with Crippen molar-refractivity contribution in [2.24, 2.45) is 0 Å². The minimum atomic E-state index is -1.16. The normalized spacial score (nSPS) is 8.25. The van der Waals surface area contributed by atoms with Gasteiger partial charge in [0.15, 0.2) is 0 Å². The van der Waals surface area contributed by atoms with E-state index < -0.39 is 10.1 Å². The minimum absolute atomic E-state index is 0.552. The Balaban J connectivity index is 1.97. The molecule has 0 aliphatic carbocycles. The zero-order valence-electron chi connectivity index (χ0n) is 2.36. The van der Waals surface area contributed by atoms with E-state index in [1.165, 1.54) is 0 Å². The maximum absolute atomic E-state index is 10.6. The molecular formula is H4FOSi2. The summed E-state index contributed by atoms with van der Waals surface area (Å²) in [5, 5.41) is 0. The third-order valence-electron chi connectivity index (χ3n) is 0.0891. The van der Waals surface area contributed by atoms with Gasteiger partial charge in [0.1, 0.15) is 10.5 Å². The minimum Gasteiger partial charge on any atom is -0.443 e. The Morgan fingerprint density at radius 3 is 2.25 bits per heavy atom. The molecule has 0 atom stereocenters. The molecule has 0 spiro atoms. The monoisotopic (exact) mass is 95.0 g/mol. The fraction of sp³-hybridized carbons (Fsp3) is 0. The molecule has 0 aliphatic rings. The standard InChI is InChI=1S/FH4OSi2/c1-4-2-3/h4H,3H3. The lowest BCUT2D eigenvalue weighted by molar-refractivity contribution is 0.585. The molecule has 0 rings (SSSR count). The van der Waals surface area contributed by atoms with Crippen molar-refractivity contribution >= 4 is 20.6 Å². The molecule has 0 aromatic rings. The van der Waals surface area contributed by atoms with Gasteiger partial charge < -0.3 is 4.12 Å². The molecule has 1 nitrogen and oxygen atoms in total. The van der Waals surface area contributed by atoms with Crippen molar-refractivity contribution in [3.8, 4) is 0 Å². The van der Waals surface area contributed by atoms with Gasteiger partial charge in [-0.1, -0.05) is 0 Å². The Kier molecular flexibility index (Phi) is 3.59. The highest BCUT2D eigenvalue weighted by Crippen LogP contribution is 1.50. The molecule has 0 saturated carbocycles. The van der Waals surface area contributed by atoms with Crippen LogP contribution < -0.4 is 0 Å². The molecule has 0 saturated heterocycles. The molecule has 0 unspecified atom stereocenters. The van der Waals surface area contributed by atoms with E-state index in [1.807, 2.05) is 0 Å². The van der Waals surface area contributed by atoms with Crippen LogP contribution in [0.15, 0.2) is 0 Å². The first-order chi connectivity index (χ1) is 1.91. The molecule has 0 aliphatic heterocycles. The van der Waals surface area contributed by atoms with Gasteiger partial charge in [0.25, 0.3) is 0 Å². The fourth-order valence-corrected chi connectivity index (χ4v) is 0. The smallest absolute Gasteiger partial charge is 0.404 e. The quantitative estimate of drug-likeness (QED) is 0.285. The summed E-state index contributed by atoms with van der Waals surface area (Å²) in [4.78, 5) is 0. The summed E-state index contributed by atoms with van der Waals surface area (Å²) in [5.74, 6) is 0. The van der Waals surface area contributed by atoms with Gasteiger partial charge in [-0.25, -0.2) is 0 Å². The van der Waals surface area contributed by atoms with Crippen LogP contribution in [0.5, 0.6) is 0 Å². The van der Waals surface area contributed by atoms with Crippen LogP contribution in [0.3, 0.4) is 0 Å².